The van der Waals surface area contributed by atoms with Crippen LogP contribution in [0.15, 0.2) is 24.4 Å². The van der Waals surface area contributed by atoms with Crippen molar-refractivity contribution in [2.75, 3.05) is 0 Å². The molecule has 0 bridgehead atoms. The minimum absolute atomic E-state index is 0.215. The fourth-order valence-electron chi connectivity index (χ4n) is 1.51. The molecule has 1 saturated carbocycles. The lowest BCUT2D eigenvalue weighted by atomic mass is 10.1. The highest BCUT2D eigenvalue weighted by molar-refractivity contribution is 7.90. The van der Waals surface area contributed by atoms with Crippen LogP contribution < -0.4 is 10.5 Å². The van der Waals surface area contributed by atoms with E-state index in [1.807, 2.05) is 4.72 Å². The summed E-state index contributed by atoms with van der Waals surface area (Å²) >= 11 is 0. The Balaban J connectivity index is 1.93. The monoisotopic (exact) mass is 269 g/mol. The van der Waals surface area contributed by atoms with Gasteiger partial charge in [-0.25, -0.2) is 8.42 Å². The smallest absolute Gasteiger partial charge is 0.250 e. The maximum absolute atomic E-state index is 11.7. The van der Waals surface area contributed by atoms with Crippen molar-refractivity contribution in [2.24, 2.45) is 5.73 Å². The van der Waals surface area contributed by atoms with Crippen LogP contribution in [-0.2, 0) is 21.2 Å². The van der Waals surface area contributed by atoms with Gasteiger partial charge in [-0.15, -0.1) is 0 Å². The fraction of sp³-hybridized carbons (Fsp3) is 0.455. The topological polar surface area (TPSA) is 102 Å². The lowest BCUT2D eigenvalue weighted by Gasteiger charge is -2.11. The van der Waals surface area contributed by atoms with Crippen LogP contribution in [0.4, 0.5) is 0 Å². The molecule has 1 aliphatic rings. The molecule has 0 aromatic carbocycles. The van der Waals surface area contributed by atoms with Crippen molar-refractivity contribution in [1.29, 1.82) is 0 Å². The molecule has 1 atom stereocenters. The highest BCUT2D eigenvalue weighted by atomic mass is 32.2. The van der Waals surface area contributed by atoms with Gasteiger partial charge in [0.2, 0.25) is 10.0 Å². The maximum atomic E-state index is 11.7. The van der Waals surface area contributed by atoms with Crippen LogP contribution in [0.1, 0.15) is 18.5 Å². The third kappa shape index (κ3) is 3.27. The number of nitrogens with two attached hydrogens (primary N) is 1. The van der Waals surface area contributed by atoms with E-state index in [1.54, 1.807) is 24.4 Å². The van der Waals surface area contributed by atoms with Crippen molar-refractivity contribution in [3.05, 3.63) is 30.1 Å². The predicted molar refractivity (Wildman–Crippen MR) is 66.0 cm³/mol. The summed E-state index contributed by atoms with van der Waals surface area (Å²) in [4.78, 5) is 15.7. The molecule has 0 saturated heterocycles. The van der Waals surface area contributed by atoms with Crippen molar-refractivity contribution in [3.63, 3.8) is 0 Å². The van der Waals surface area contributed by atoms with Crippen LogP contribution in [0.25, 0.3) is 0 Å². The molecule has 1 aromatic heterocycles. The van der Waals surface area contributed by atoms with E-state index >= 15 is 0 Å². The van der Waals surface area contributed by atoms with E-state index in [0.29, 0.717) is 18.5 Å². The van der Waals surface area contributed by atoms with Gasteiger partial charge in [-0.3, -0.25) is 14.5 Å². The summed E-state index contributed by atoms with van der Waals surface area (Å²) in [5.41, 5.74) is 6.32. The number of nitrogens with one attached hydrogen (secondary N) is 1. The summed E-state index contributed by atoms with van der Waals surface area (Å²) in [5, 5.41) is -0.427. The number of aromatic nitrogens is 1. The summed E-state index contributed by atoms with van der Waals surface area (Å²) < 4.78 is 25.1. The average molecular weight is 269 g/mol. The zero-order valence-electron chi connectivity index (χ0n) is 9.74. The van der Waals surface area contributed by atoms with Crippen LogP contribution >= 0.6 is 0 Å². The van der Waals surface area contributed by atoms with E-state index in [-0.39, 0.29) is 6.42 Å². The maximum Gasteiger partial charge on any atom is 0.250 e. The Bertz CT molecular complexity index is 526. The minimum Gasteiger partial charge on any atom is -0.320 e. The molecular weight excluding hydrogens is 254 g/mol. The average Bonchev–Trinajstić information content (AvgIpc) is 3.13. The molecule has 18 heavy (non-hydrogen) atoms. The molecule has 0 spiro atoms. The van der Waals surface area contributed by atoms with E-state index in [0.717, 1.165) is 0 Å². The number of pyridine rings is 1. The second-order valence-electron chi connectivity index (χ2n) is 4.34. The zero-order chi connectivity index (χ0) is 13.2. The van der Waals surface area contributed by atoms with Gasteiger partial charge >= 0.3 is 0 Å². The number of carbonyl (C=O) groups is 1. The zero-order valence-corrected chi connectivity index (χ0v) is 10.6. The summed E-state index contributed by atoms with van der Waals surface area (Å²) in [6.07, 6.45) is 3.03. The SMILES string of the molecule is N[C@@H](Cc1ccccn1)C(=O)NS(=O)(=O)C1CC1. The van der Waals surface area contributed by atoms with Crippen LogP contribution in [0, 0.1) is 0 Å². The molecule has 0 aliphatic heterocycles. The lowest BCUT2D eigenvalue weighted by molar-refractivity contribution is -0.120. The largest absolute Gasteiger partial charge is 0.320 e. The van der Waals surface area contributed by atoms with E-state index in [1.165, 1.54) is 0 Å². The van der Waals surface area contributed by atoms with Gasteiger partial charge in [0.05, 0.1) is 11.3 Å². The van der Waals surface area contributed by atoms with Gasteiger partial charge in [0, 0.05) is 18.3 Å². The first-order valence-electron chi connectivity index (χ1n) is 5.70. The molecule has 0 radical (unpaired) electrons. The lowest BCUT2D eigenvalue weighted by Crippen LogP contribution is -2.45. The molecule has 1 aliphatic carbocycles. The van der Waals surface area contributed by atoms with Gasteiger partial charge in [0.25, 0.3) is 5.91 Å². The van der Waals surface area contributed by atoms with Gasteiger partial charge in [0.1, 0.15) is 0 Å². The van der Waals surface area contributed by atoms with Crippen molar-refractivity contribution in [2.45, 2.75) is 30.6 Å². The Labute approximate surface area is 106 Å². The molecule has 1 heterocycles. The molecule has 1 aromatic rings. The molecule has 0 unspecified atom stereocenters. The number of amides is 1. The first-order valence-corrected chi connectivity index (χ1v) is 7.24. The third-order valence-corrected chi connectivity index (χ3v) is 4.53. The van der Waals surface area contributed by atoms with E-state index < -0.39 is 27.2 Å². The van der Waals surface area contributed by atoms with E-state index in [2.05, 4.69) is 4.98 Å². The van der Waals surface area contributed by atoms with Gasteiger partial charge in [-0.1, -0.05) is 6.07 Å². The number of hydrogen-bond acceptors (Lipinski definition) is 5. The van der Waals surface area contributed by atoms with E-state index in [4.69, 9.17) is 5.73 Å². The van der Waals surface area contributed by atoms with Crippen LogP contribution in [0.3, 0.4) is 0 Å². The normalized spacial score (nSPS) is 17.2. The number of nitrogens with zero attached hydrogens (tertiary/aromatic N) is 1. The van der Waals surface area contributed by atoms with Crippen molar-refractivity contribution in [3.8, 4) is 0 Å². The Morgan fingerprint density at radius 2 is 2.22 bits per heavy atom. The highest BCUT2D eigenvalue weighted by Gasteiger charge is 2.37. The number of carbonyl (C=O) groups excluding carboxylic acids is 1. The predicted octanol–water partition coefficient (Wildman–Crippen LogP) is -0.440. The Hall–Kier alpha value is -1.47. The second-order valence-corrected chi connectivity index (χ2v) is 6.30. The third-order valence-electron chi connectivity index (χ3n) is 2.70. The van der Waals surface area contributed by atoms with Gasteiger partial charge in [-0.05, 0) is 25.0 Å². The highest BCUT2D eigenvalue weighted by Crippen LogP contribution is 2.27. The van der Waals surface area contributed by atoms with Crippen molar-refractivity contribution >= 4 is 15.9 Å². The molecule has 2 rings (SSSR count). The van der Waals surface area contributed by atoms with Crippen LogP contribution in [0.5, 0.6) is 0 Å². The van der Waals surface area contributed by atoms with Crippen LogP contribution in [0.2, 0.25) is 0 Å². The molecule has 6 nitrogen and oxygen atoms in total. The first-order chi connectivity index (χ1) is 8.49. The Kier molecular flexibility index (Phi) is 3.63. The van der Waals surface area contributed by atoms with Gasteiger partial charge in [-0.2, -0.15) is 0 Å². The minimum atomic E-state index is -3.52. The summed E-state index contributed by atoms with van der Waals surface area (Å²) in [5.74, 6) is -0.674. The summed E-state index contributed by atoms with van der Waals surface area (Å²) in [6.45, 7) is 0. The molecule has 7 heteroatoms. The Morgan fingerprint density at radius 3 is 2.78 bits per heavy atom. The quantitative estimate of drug-likeness (QED) is 0.754. The molecule has 98 valence electrons. The standard InChI is InChI=1S/C11H15N3O3S/c12-10(7-8-3-1-2-6-13-8)11(15)14-18(16,17)9-4-5-9/h1-3,6,9-10H,4-5,7,12H2,(H,14,15)/t10-/m0/s1. The van der Waals surface area contributed by atoms with Crippen molar-refractivity contribution in [1.82, 2.24) is 9.71 Å². The molecular formula is C11H15N3O3S. The van der Waals surface area contributed by atoms with E-state index in [9.17, 15) is 13.2 Å². The molecule has 3 N–H and O–H groups in total. The van der Waals surface area contributed by atoms with Crippen molar-refractivity contribution < 1.29 is 13.2 Å². The number of hydrogen-bond donors (Lipinski definition) is 2. The molecule has 1 amide bonds. The summed E-state index contributed by atoms with van der Waals surface area (Å²) in [7, 11) is -3.52. The number of sulfonamides is 1. The summed E-state index contributed by atoms with van der Waals surface area (Å²) in [6, 6.07) is 4.37. The molecule has 1 fully saturated rings. The Morgan fingerprint density at radius 1 is 1.50 bits per heavy atom. The van der Waals surface area contributed by atoms with Crippen LogP contribution in [-0.4, -0.2) is 30.6 Å². The second kappa shape index (κ2) is 5.03. The number of rotatable bonds is 5. The van der Waals surface area contributed by atoms with Gasteiger partial charge < -0.3 is 5.73 Å². The fourth-order valence-corrected chi connectivity index (χ4v) is 2.87. The first kappa shape index (κ1) is 13.0. The van der Waals surface area contributed by atoms with Gasteiger partial charge in [0.15, 0.2) is 0 Å².